The van der Waals surface area contributed by atoms with E-state index >= 15 is 0 Å². The molecule has 1 fully saturated rings. The van der Waals surface area contributed by atoms with Crippen LogP contribution in [-0.4, -0.2) is 79.8 Å². The Morgan fingerprint density at radius 2 is 1.98 bits per heavy atom. The van der Waals surface area contributed by atoms with E-state index in [1.165, 1.54) is 12.0 Å². The van der Waals surface area contributed by atoms with Crippen molar-refractivity contribution in [2.24, 2.45) is 0 Å². The number of benzene rings is 1. The van der Waals surface area contributed by atoms with Crippen molar-refractivity contribution < 1.29 is 19.0 Å². The predicted octanol–water partition coefficient (Wildman–Crippen LogP) is 5.38. The van der Waals surface area contributed by atoms with Crippen molar-refractivity contribution in [2.75, 3.05) is 57.1 Å². The molecule has 0 bridgehead atoms. The van der Waals surface area contributed by atoms with Crippen molar-refractivity contribution in [3.05, 3.63) is 52.7 Å². The molecular formula is C33H49N5O4. The fourth-order valence-corrected chi connectivity index (χ4v) is 5.55. The number of rotatable bonds is 15. The zero-order valence-corrected chi connectivity index (χ0v) is 26.1. The molecule has 9 nitrogen and oxygen atoms in total. The molecule has 1 saturated heterocycles. The van der Waals surface area contributed by atoms with Crippen LogP contribution < -0.4 is 10.6 Å². The number of likely N-dealkylation sites (tertiary alicyclic amines) is 1. The van der Waals surface area contributed by atoms with E-state index < -0.39 is 11.6 Å². The zero-order chi connectivity index (χ0) is 30.1. The number of carbonyl (C=O) groups is 1. The van der Waals surface area contributed by atoms with Gasteiger partial charge in [-0.15, -0.1) is 0 Å². The Bertz CT molecular complexity index is 1210. The number of ether oxygens (including phenoxy) is 3. The first-order valence-corrected chi connectivity index (χ1v) is 15.4. The molecule has 2 aliphatic rings. The van der Waals surface area contributed by atoms with E-state index in [1.807, 2.05) is 39.0 Å². The topological polar surface area (TPSA) is 109 Å². The first-order chi connectivity index (χ1) is 20.2. The Balaban J connectivity index is 1.31. The molecule has 2 aromatic rings. The third kappa shape index (κ3) is 8.75. The summed E-state index contributed by atoms with van der Waals surface area (Å²) in [5.41, 5.74) is 4.68. The molecule has 0 amide bonds. The number of fused-ring (bicyclic) bond motifs is 1. The molecule has 3 heterocycles. The minimum atomic E-state index is -0.611. The summed E-state index contributed by atoms with van der Waals surface area (Å²) in [6.45, 7) is 11.5. The van der Waals surface area contributed by atoms with Gasteiger partial charge in [0.2, 0.25) is 0 Å². The van der Waals surface area contributed by atoms with Gasteiger partial charge < -0.3 is 30.3 Å². The van der Waals surface area contributed by atoms with Gasteiger partial charge in [-0.3, -0.25) is 4.90 Å². The van der Waals surface area contributed by atoms with Gasteiger partial charge in [0.15, 0.2) is 0 Å². The number of methoxy groups -OCH3 is 1. The minimum absolute atomic E-state index is 0.0841. The SMILES string of the molecule is COCCNc1c(C(C)=N)cccc1C(C(=O)OC(C)(C)C)N1CC(OCCCCCc2ccc3c(n2)NCCC3)C1. The molecule has 1 atom stereocenters. The normalized spacial score (nSPS) is 16.2. The number of esters is 1. The lowest BCUT2D eigenvalue weighted by Gasteiger charge is -2.44. The molecule has 0 aliphatic carbocycles. The molecule has 4 rings (SSSR count). The van der Waals surface area contributed by atoms with Gasteiger partial charge in [-0.1, -0.05) is 30.7 Å². The second kappa shape index (κ2) is 14.9. The van der Waals surface area contributed by atoms with E-state index in [4.69, 9.17) is 24.6 Å². The largest absolute Gasteiger partial charge is 0.459 e. The number of aromatic nitrogens is 1. The van der Waals surface area contributed by atoms with Crippen LogP contribution in [0.1, 0.15) is 81.8 Å². The maximum atomic E-state index is 13.6. The van der Waals surface area contributed by atoms with Crippen molar-refractivity contribution in [3.8, 4) is 0 Å². The van der Waals surface area contributed by atoms with Gasteiger partial charge in [0, 0.05) is 68.1 Å². The molecule has 0 radical (unpaired) electrons. The van der Waals surface area contributed by atoms with Crippen LogP contribution in [-0.2, 0) is 31.8 Å². The smallest absolute Gasteiger partial charge is 0.328 e. The summed E-state index contributed by atoms with van der Waals surface area (Å²) in [6, 6.07) is 9.58. The lowest BCUT2D eigenvalue weighted by Crippen LogP contribution is -2.56. The average molecular weight is 580 g/mol. The number of aryl methyl sites for hydroxylation is 2. The first-order valence-electron chi connectivity index (χ1n) is 15.4. The molecule has 1 aromatic heterocycles. The molecular weight excluding hydrogens is 530 g/mol. The van der Waals surface area contributed by atoms with Crippen molar-refractivity contribution in [1.29, 1.82) is 5.41 Å². The first kappa shape index (κ1) is 31.9. The number of para-hydroxylation sites is 1. The summed E-state index contributed by atoms with van der Waals surface area (Å²) < 4.78 is 17.3. The number of nitrogens with one attached hydrogen (secondary N) is 3. The third-order valence-corrected chi connectivity index (χ3v) is 7.66. The summed E-state index contributed by atoms with van der Waals surface area (Å²) in [7, 11) is 1.66. The average Bonchev–Trinajstić information content (AvgIpc) is 2.92. The Morgan fingerprint density at radius 3 is 2.71 bits per heavy atom. The second-order valence-corrected chi connectivity index (χ2v) is 12.3. The van der Waals surface area contributed by atoms with Crippen LogP contribution >= 0.6 is 0 Å². The van der Waals surface area contributed by atoms with E-state index in [2.05, 4.69) is 27.7 Å². The fourth-order valence-electron chi connectivity index (χ4n) is 5.55. The van der Waals surface area contributed by atoms with Crippen molar-refractivity contribution in [2.45, 2.75) is 84.0 Å². The Morgan fingerprint density at radius 1 is 1.17 bits per heavy atom. The standard InChI is InChI=1S/C33H49N5O4/c1-23(34)27-13-9-14-28(29(27)35-18-20-40-5)30(32(39)42-33(2,3)4)38-21-26(22-38)41-19-8-6-7-12-25-16-15-24-11-10-17-36-31(24)37-25/h9,13-16,26,30,34-35H,6-8,10-12,17-22H2,1-5H3,(H,36,37). The van der Waals surface area contributed by atoms with Gasteiger partial charge in [-0.05, 0) is 71.4 Å². The van der Waals surface area contributed by atoms with Gasteiger partial charge in [-0.25, -0.2) is 9.78 Å². The highest BCUT2D eigenvalue weighted by molar-refractivity contribution is 6.02. The van der Waals surface area contributed by atoms with Crippen LogP contribution in [0, 0.1) is 5.41 Å². The number of hydrogen-bond acceptors (Lipinski definition) is 9. The predicted molar refractivity (Wildman–Crippen MR) is 168 cm³/mol. The van der Waals surface area contributed by atoms with Gasteiger partial charge >= 0.3 is 5.97 Å². The van der Waals surface area contributed by atoms with E-state index in [0.717, 1.165) is 67.0 Å². The molecule has 1 aromatic carbocycles. The summed E-state index contributed by atoms with van der Waals surface area (Å²) in [6.07, 6.45) is 6.55. The minimum Gasteiger partial charge on any atom is -0.459 e. The van der Waals surface area contributed by atoms with Gasteiger partial charge in [0.05, 0.1) is 12.7 Å². The molecule has 42 heavy (non-hydrogen) atoms. The summed E-state index contributed by atoms with van der Waals surface area (Å²) >= 11 is 0. The Kier molecular flexibility index (Phi) is 11.4. The van der Waals surface area contributed by atoms with Gasteiger partial charge in [-0.2, -0.15) is 0 Å². The summed E-state index contributed by atoms with van der Waals surface area (Å²) in [4.78, 5) is 20.5. The number of pyridine rings is 1. The van der Waals surface area contributed by atoms with Crippen LogP contribution in [0.4, 0.5) is 11.5 Å². The fraction of sp³-hybridized carbons (Fsp3) is 0.606. The number of anilines is 2. The number of unbranched alkanes of at least 4 members (excludes halogenated alkanes) is 2. The quantitative estimate of drug-likeness (QED) is 0.147. The number of hydrogen-bond donors (Lipinski definition) is 3. The van der Waals surface area contributed by atoms with Crippen LogP contribution in [0.2, 0.25) is 0 Å². The maximum Gasteiger partial charge on any atom is 0.328 e. The van der Waals surface area contributed by atoms with E-state index in [9.17, 15) is 4.79 Å². The molecule has 230 valence electrons. The van der Waals surface area contributed by atoms with Crippen LogP contribution in [0.15, 0.2) is 30.3 Å². The molecule has 0 spiro atoms. The highest BCUT2D eigenvalue weighted by Gasteiger charge is 2.41. The van der Waals surface area contributed by atoms with Crippen LogP contribution in [0.5, 0.6) is 0 Å². The van der Waals surface area contributed by atoms with Crippen molar-refractivity contribution in [3.63, 3.8) is 0 Å². The number of nitrogens with zero attached hydrogens (tertiary/aromatic N) is 2. The molecule has 2 aliphatic heterocycles. The second-order valence-electron chi connectivity index (χ2n) is 12.3. The van der Waals surface area contributed by atoms with Gasteiger partial charge in [0.1, 0.15) is 17.5 Å². The summed E-state index contributed by atoms with van der Waals surface area (Å²) in [5, 5.41) is 15.2. The summed E-state index contributed by atoms with van der Waals surface area (Å²) in [5.74, 6) is 0.778. The van der Waals surface area contributed by atoms with E-state index in [-0.39, 0.29) is 12.1 Å². The highest BCUT2D eigenvalue weighted by Crippen LogP contribution is 2.36. The number of carbonyl (C=O) groups excluding carboxylic acids is 1. The van der Waals surface area contributed by atoms with Gasteiger partial charge in [0.25, 0.3) is 0 Å². The van der Waals surface area contributed by atoms with Crippen molar-refractivity contribution in [1.82, 2.24) is 9.88 Å². The highest BCUT2D eigenvalue weighted by atomic mass is 16.6. The Hall–Kier alpha value is -3.01. The van der Waals surface area contributed by atoms with Crippen LogP contribution in [0.25, 0.3) is 0 Å². The Labute approximate surface area is 251 Å². The monoisotopic (exact) mass is 579 g/mol. The maximum absolute atomic E-state index is 13.6. The molecule has 9 heteroatoms. The zero-order valence-electron chi connectivity index (χ0n) is 26.1. The molecule has 0 saturated carbocycles. The molecule has 1 unspecified atom stereocenters. The van der Waals surface area contributed by atoms with Crippen LogP contribution in [0.3, 0.4) is 0 Å². The lowest BCUT2D eigenvalue weighted by molar-refractivity contribution is -0.168. The third-order valence-electron chi connectivity index (χ3n) is 7.66. The molecule has 3 N–H and O–H groups in total. The lowest BCUT2D eigenvalue weighted by atomic mass is 9.94. The van der Waals surface area contributed by atoms with E-state index in [0.29, 0.717) is 38.6 Å². The van der Waals surface area contributed by atoms with Crippen molar-refractivity contribution >= 4 is 23.2 Å². The van der Waals surface area contributed by atoms with E-state index in [1.54, 1.807) is 14.0 Å².